The van der Waals surface area contributed by atoms with Gasteiger partial charge in [-0.2, -0.15) is 0 Å². The molecule has 1 aliphatic heterocycles. The lowest BCUT2D eigenvalue weighted by molar-refractivity contribution is -0.131. The maximum Gasteiger partial charge on any atom is 0.223 e. The Morgan fingerprint density at radius 2 is 1.81 bits per heavy atom. The van der Waals surface area contributed by atoms with Gasteiger partial charge in [0.2, 0.25) is 5.91 Å². The number of hydrogen-bond acceptors (Lipinski definition) is 3. The van der Waals surface area contributed by atoms with E-state index in [2.05, 4.69) is 22.4 Å². The van der Waals surface area contributed by atoms with Gasteiger partial charge in [-0.15, -0.1) is 0 Å². The molecule has 0 aromatic heterocycles. The minimum Gasteiger partial charge on any atom is -0.380 e. The zero-order valence-electron chi connectivity index (χ0n) is 15.6. The normalized spacial score (nSPS) is 13.5. The van der Waals surface area contributed by atoms with Gasteiger partial charge in [-0.25, -0.2) is 0 Å². The van der Waals surface area contributed by atoms with Crippen molar-refractivity contribution >= 4 is 17.6 Å². The van der Waals surface area contributed by atoms with E-state index >= 15 is 0 Å². The smallest absolute Gasteiger partial charge is 0.223 e. The van der Waals surface area contributed by atoms with E-state index in [-0.39, 0.29) is 5.91 Å². The molecule has 2 aromatic carbocycles. The third-order valence-corrected chi connectivity index (χ3v) is 4.60. The van der Waals surface area contributed by atoms with Crippen molar-refractivity contribution in [3.05, 3.63) is 65.2 Å². The lowest BCUT2D eigenvalue weighted by atomic mass is 10.1. The van der Waals surface area contributed by atoms with Gasteiger partial charge >= 0.3 is 0 Å². The van der Waals surface area contributed by atoms with Gasteiger partial charge in [0.1, 0.15) is 0 Å². The second-order valence-corrected chi connectivity index (χ2v) is 6.60. The van der Waals surface area contributed by atoms with Crippen LogP contribution in [0.25, 0.3) is 0 Å². The summed E-state index contributed by atoms with van der Waals surface area (Å²) in [5.74, 6) is 0.512. The van der Waals surface area contributed by atoms with Gasteiger partial charge in [-0.3, -0.25) is 9.79 Å². The Bertz CT molecular complexity index is 794. The quantitative estimate of drug-likeness (QED) is 0.449. The molecule has 0 unspecified atom stereocenters. The first kappa shape index (κ1) is 18.9. The summed E-state index contributed by atoms with van der Waals surface area (Å²) < 4.78 is 5.18. The number of amides is 1. The highest BCUT2D eigenvalue weighted by Gasteiger charge is 2.22. The van der Waals surface area contributed by atoms with Crippen LogP contribution in [0.5, 0.6) is 0 Å². The summed E-state index contributed by atoms with van der Waals surface area (Å²) in [7, 11) is 1.66. The summed E-state index contributed by atoms with van der Waals surface area (Å²) in [4.78, 5) is 18.6. The summed E-state index contributed by atoms with van der Waals surface area (Å²) in [6.07, 6.45) is 1.15. The van der Waals surface area contributed by atoms with Crippen LogP contribution in [0.3, 0.4) is 0 Å². The maximum atomic E-state index is 12.4. The molecule has 3 rings (SSSR count). The number of anilines is 1. The molecule has 6 nitrogen and oxygen atoms in total. The largest absolute Gasteiger partial charge is 0.380 e. The van der Waals surface area contributed by atoms with Gasteiger partial charge in [0.05, 0.1) is 6.61 Å². The first-order chi connectivity index (χ1) is 13.2. The molecule has 142 valence electrons. The Hall–Kier alpha value is -2.86. The lowest BCUT2D eigenvalue weighted by Crippen LogP contribution is -2.26. The summed E-state index contributed by atoms with van der Waals surface area (Å²) in [6, 6.07) is 16.0. The van der Waals surface area contributed by atoms with Gasteiger partial charge in [-0.1, -0.05) is 42.5 Å². The van der Waals surface area contributed by atoms with Crippen LogP contribution in [0.4, 0.5) is 5.69 Å². The van der Waals surface area contributed by atoms with Gasteiger partial charge in [0.15, 0.2) is 5.96 Å². The number of carbonyl (C=O) groups is 1. The van der Waals surface area contributed by atoms with Crippen molar-refractivity contribution < 1.29 is 9.53 Å². The van der Waals surface area contributed by atoms with Crippen LogP contribution in [-0.4, -0.2) is 30.4 Å². The van der Waals surface area contributed by atoms with E-state index in [1.165, 1.54) is 11.1 Å². The number of guanidine groups is 1. The monoisotopic (exact) mass is 366 g/mol. The van der Waals surface area contributed by atoms with Crippen molar-refractivity contribution in [1.29, 1.82) is 0 Å². The fourth-order valence-electron chi connectivity index (χ4n) is 3.20. The number of methoxy groups -OCH3 is 1. The second kappa shape index (κ2) is 9.19. The van der Waals surface area contributed by atoms with Crippen LogP contribution < -0.4 is 11.1 Å². The van der Waals surface area contributed by atoms with Crippen molar-refractivity contribution in [3.8, 4) is 0 Å². The average Bonchev–Trinajstić information content (AvgIpc) is 3.11. The molecule has 1 heterocycles. The lowest BCUT2D eigenvalue weighted by Gasteiger charge is -2.15. The molecule has 0 bridgehead atoms. The number of para-hydroxylation sites is 1. The number of nitrogens with one attached hydrogen (secondary N) is 1. The highest BCUT2D eigenvalue weighted by atomic mass is 16.5. The molecule has 0 spiro atoms. The van der Waals surface area contributed by atoms with E-state index < -0.39 is 0 Å². The highest BCUT2D eigenvalue weighted by molar-refractivity contribution is 5.93. The first-order valence-electron chi connectivity index (χ1n) is 9.15. The van der Waals surface area contributed by atoms with Gasteiger partial charge in [-0.05, 0) is 23.6 Å². The van der Waals surface area contributed by atoms with Crippen LogP contribution in [-0.2, 0) is 29.2 Å². The SMILES string of the molecule is COCc1ccccc1NC(N)=NCCCC(=O)N1Cc2ccccc2C1. The van der Waals surface area contributed by atoms with Gasteiger partial charge in [0.25, 0.3) is 0 Å². The Morgan fingerprint density at radius 3 is 2.52 bits per heavy atom. The second-order valence-electron chi connectivity index (χ2n) is 6.60. The van der Waals surface area contributed by atoms with E-state index in [4.69, 9.17) is 10.5 Å². The molecular weight excluding hydrogens is 340 g/mol. The zero-order chi connectivity index (χ0) is 19.1. The summed E-state index contributed by atoms with van der Waals surface area (Å²) in [5, 5.41) is 3.10. The highest BCUT2D eigenvalue weighted by Crippen LogP contribution is 2.23. The molecule has 6 heteroatoms. The fourth-order valence-corrected chi connectivity index (χ4v) is 3.20. The Morgan fingerprint density at radius 1 is 1.15 bits per heavy atom. The van der Waals surface area contributed by atoms with E-state index in [0.29, 0.717) is 45.0 Å². The average molecular weight is 366 g/mol. The van der Waals surface area contributed by atoms with Gasteiger partial charge in [0, 0.05) is 44.4 Å². The molecule has 27 heavy (non-hydrogen) atoms. The number of rotatable bonds is 7. The van der Waals surface area contributed by atoms with Gasteiger partial charge < -0.3 is 20.7 Å². The topological polar surface area (TPSA) is 80.0 Å². The van der Waals surface area contributed by atoms with Crippen molar-refractivity contribution in [2.24, 2.45) is 10.7 Å². The molecule has 0 fully saturated rings. The number of aliphatic imine (C=N–C) groups is 1. The van der Waals surface area contributed by atoms with E-state index in [1.54, 1.807) is 7.11 Å². The van der Waals surface area contributed by atoms with E-state index in [0.717, 1.165) is 11.3 Å². The minimum atomic E-state index is 0.165. The van der Waals surface area contributed by atoms with Crippen LogP contribution in [0.2, 0.25) is 0 Å². The van der Waals surface area contributed by atoms with Crippen molar-refractivity contribution in [2.45, 2.75) is 32.5 Å². The third kappa shape index (κ3) is 5.08. The zero-order valence-corrected chi connectivity index (χ0v) is 15.6. The number of nitrogens with two attached hydrogens (primary N) is 1. The predicted octanol–water partition coefficient (Wildman–Crippen LogP) is 2.88. The number of carbonyl (C=O) groups excluding carboxylic acids is 1. The molecule has 0 saturated heterocycles. The Kier molecular flexibility index (Phi) is 6.44. The number of benzene rings is 2. The molecule has 3 N–H and O–H groups in total. The molecule has 0 radical (unpaired) electrons. The molecule has 2 aromatic rings. The van der Waals surface area contributed by atoms with Crippen molar-refractivity contribution in [2.75, 3.05) is 19.0 Å². The molecular formula is C21H26N4O2. The molecule has 0 saturated carbocycles. The first-order valence-corrected chi connectivity index (χ1v) is 9.15. The standard InChI is InChI=1S/C21H26N4O2/c1-27-15-18-9-4-5-10-19(18)24-21(22)23-12-6-11-20(26)25-13-16-7-2-3-8-17(16)14-25/h2-5,7-10H,6,11-15H2,1H3,(H3,22,23,24). The third-order valence-electron chi connectivity index (χ3n) is 4.60. The van der Waals surface area contributed by atoms with Crippen LogP contribution in [0.15, 0.2) is 53.5 Å². The molecule has 1 amide bonds. The predicted molar refractivity (Wildman–Crippen MR) is 107 cm³/mol. The maximum absolute atomic E-state index is 12.4. The van der Waals surface area contributed by atoms with Crippen molar-refractivity contribution in [1.82, 2.24) is 4.90 Å². The van der Waals surface area contributed by atoms with E-state index in [1.807, 2.05) is 41.3 Å². The Balaban J connectivity index is 1.44. The number of ether oxygens (including phenoxy) is 1. The van der Waals surface area contributed by atoms with Crippen LogP contribution in [0.1, 0.15) is 29.5 Å². The fraction of sp³-hybridized carbons (Fsp3) is 0.333. The minimum absolute atomic E-state index is 0.165. The summed E-state index contributed by atoms with van der Waals surface area (Å²) in [5.41, 5.74) is 10.4. The van der Waals surface area contributed by atoms with E-state index in [9.17, 15) is 4.79 Å². The van der Waals surface area contributed by atoms with Crippen LogP contribution >= 0.6 is 0 Å². The number of nitrogens with zero attached hydrogens (tertiary/aromatic N) is 2. The molecule has 0 atom stereocenters. The Labute approximate surface area is 160 Å². The van der Waals surface area contributed by atoms with Crippen molar-refractivity contribution in [3.63, 3.8) is 0 Å². The molecule has 0 aliphatic carbocycles. The number of hydrogen-bond donors (Lipinski definition) is 2. The van der Waals surface area contributed by atoms with Crippen LogP contribution in [0, 0.1) is 0 Å². The molecule has 1 aliphatic rings. The number of fused-ring (bicyclic) bond motifs is 1. The summed E-state index contributed by atoms with van der Waals surface area (Å²) in [6.45, 7) is 2.43. The summed E-state index contributed by atoms with van der Waals surface area (Å²) >= 11 is 0.